The Hall–Kier alpha value is -3.36. The van der Waals surface area contributed by atoms with Crippen molar-refractivity contribution in [1.29, 1.82) is 0 Å². The fourth-order valence-corrected chi connectivity index (χ4v) is 3.29. The van der Waals surface area contributed by atoms with Crippen LogP contribution in [0.25, 0.3) is 6.08 Å². The zero-order valence-corrected chi connectivity index (χ0v) is 17.1. The van der Waals surface area contributed by atoms with Crippen LogP contribution in [0.5, 0.6) is 5.75 Å². The maximum Gasteiger partial charge on any atom is 0.247 e. The quantitative estimate of drug-likeness (QED) is 0.402. The van der Waals surface area contributed by atoms with Gasteiger partial charge in [-0.25, -0.2) is 0 Å². The number of hydrogen-bond acceptors (Lipinski definition) is 4. The lowest BCUT2D eigenvalue weighted by Crippen LogP contribution is -2.28. The Bertz CT molecular complexity index is 985. The molecule has 1 aromatic carbocycles. The lowest BCUT2D eigenvalue weighted by atomic mass is 10.1. The highest BCUT2D eigenvalue weighted by molar-refractivity contribution is 7.10. The van der Waals surface area contributed by atoms with Gasteiger partial charge in [0.15, 0.2) is 0 Å². The zero-order valence-electron chi connectivity index (χ0n) is 16.2. The van der Waals surface area contributed by atoms with Crippen molar-refractivity contribution in [2.45, 2.75) is 20.0 Å². The number of amides is 1. The van der Waals surface area contributed by atoms with E-state index in [4.69, 9.17) is 4.74 Å². The number of carbonyl (C=O) groups is 1. The molecule has 0 aliphatic heterocycles. The molecule has 29 heavy (non-hydrogen) atoms. The average molecular weight is 403 g/mol. The Morgan fingerprint density at radius 2 is 1.97 bits per heavy atom. The molecule has 4 nitrogen and oxygen atoms in total. The van der Waals surface area contributed by atoms with Crippen LogP contribution in [-0.2, 0) is 17.9 Å². The molecule has 0 radical (unpaired) electrons. The highest BCUT2D eigenvalue weighted by Crippen LogP contribution is 2.16. The van der Waals surface area contributed by atoms with E-state index in [1.165, 1.54) is 0 Å². The van der Waals surface area contributed by atoms with Crippen LogP contribution in [0.2, 0.25) is 0 Å². The van der Waals surface area contributed by atoms with Crippen molar-refractivity contribution in [3.05, 3.63) is 88.4 Å². The van der Waals surface area contributed by atoms with Gasteiger partial charge in [-0.2, -0.15) is 0 Å². The monoisotopic (exact) mass is 402 g/mol. The van der Waals surface area contributed by atoms with Crippen molar-refractivity contribution in [1.82, 2.24) is 9.88 Å². The van der Waals surface area contributed by atoms with Gasteiger partial charge in [0, 0.05) is 36.4 Å². The Morgan fingerprint density at radius 3 is 2.66 bits per heavy atom. The van der Waals surface area contributed by atoms with Gasteiger partial charge in [0.1, 0.15) is 12.4 Å². The predicted molar refractivity (Wildman–Crippen MR) is 117 cm³/mol. The Morgan fingerprint density at radius 1 is 1.14 bits per heavy atom. The minimum atomic E-state index is -0.0409. The summed E-state index contributed by atoms with van der Waals surface area (Å²) in [4.78, 5) is 19.9. The van der Waals surface area contributed by atoms with Gasteiger partial charge in [-0.05, 0) is 53.8 Å². The average Bonchev–Trinajstić information content (AvgIpc) is 3.27. The maximum absolute atomic E-state index is 12.9. The molecule has 0 bridgehead atoms. The van der Waals surface area contributed by atoms with Crippen molar-refractivity contribution in [3.8, 4) is 17.6 Å². The number of thiophene rings is 1. The fourth-order valence-electron chi connectivity index (χ4n) is 2.67. The molecule has 146 valence electrons. The van der Waals surface area contributed by atoms with Crippen molar-refractivity contribution in [3.63, 3.8) is 0 Å². The topological polar surface area (TPSA) is 42.4 Å². The molecular weight excluding hydrogens is 380 g/mol. The first-order chi connectivity index (χ1) is 14.2. The Kier molecular flexibility index (Phi) is 7.62. The molecule has 0 N–H and O–H groups in total. The number of benzene rings is 1. The van der Waals surface area contributed by atoms with Crippen molar-refractivity contribution in [2.24, 2.45) is 0 Å². The van der Waals surface area contributed by atoms with Crippen LogP contribution >= 0.6 is 11.3 Å². The van der Waals surface area contributed by atoms with Gasteiger partial charge < -0.3 is 9.64 Å². The molecule has 0 fully saturated rings. The highest BCUT2D eigenvalue weighted by Gasteiger charge is 2.13. The van der Waals surface area contributed by atoms with Crippen molar-refractivity contribution < 1.29 is 9.53 Å². The summed E-state index contributed by atoms with van der Waals surface area (Å²) < 4.78 is 5.56. The summed E-state index contributed by atoms with van der Waals surface area (Å²) in [6.45, 7) is 3.14. The van der Waals surface area contributed by atoms with Gasteiger partial charge in [0.25, 0.3) is 0 Å². The second-order valence-corrected chi connectivity index (χ2v) is 7.24. The minimum absolute atomic E-state index is 0.0409. The molecule has 0 unspecified atom stereocenters. The van der Waals surface area contributed by atoms with Crippen LogP contribution in [-0.4, -0.2) is 22.4 Å². The normalized spacial score (nSPS) is 10.4. The smallest absolute Gasteiger partial charge is 0.247 e. The molecule has 0 saturated carbocycles. The SMILES string of the molecule is CC#CCOc1ccc(CN(Cc2cccnc2)C(=O)/C=C/c2cccs2)cc1. The molecule has 1 amide bonds. The van der Waals surface area contributed by atoms with E-state index in [9.17, 15) is 4.79 Å². The van der Waals surface area contributed by atoms with Gasteiger partial charge in [-0.1, -0.05) is 30.2 Å². The minimum Gasteiger partial charge on any atom is -0.481 e. The summed E-state index contributed by atoms with van der Waals surface area (Å²) in [5, 5.41) is 1.99. The van der Waals surface area contributed by atoms with E-state index in [2.05, 4.69) is 16.8 Å². The van der Waals surface area contributed by atoms with E-state index in [0.717, 1.165) is 21.8 Å². The molecule has 0 atom stereocenters. The summed E-state index contributed by atoms with van der Waals surface area (Å²) >= 11 is 1.60. The van der Waals surface area contributed by atoms with Crippen LogP contribution < -0.4 is 4.74 Å². The number of hydrogen-bond donors (Lipinski definition) is 0. The predicted octanol–water partition coefficient (Wildman–Crippen LogP) is 4.79. The highest BCUT2D eigenvalue weighted by atomic mass is 32.1. The molecule has 3 rings (SSSR count). The summed E-state index contributed by atoms with van der Waals surface area (Å²) in [5.41, 5.74) is 2.02. The van der Waals surface area contributed by atoms with E-state index >= 15 is 0 Å². The maximum atomic E-state index is 12.9. The number of rotatable bonds is 8. The third-order valence-corrected chi connectivity index (χ3v) is 4.96. The third kappa shape index (κ3) is 6.63. The van der Waals surface area contributed by atoms with E-state index in [1.54, 1.807) is 41.6 Å². The molecule has 2 heterocycles. The van der Waals surface area contributed by atoms with E-state index in [0.29, 0.717) is 19.7 Å². The number of pyridine rings is 1. The van der Waals surface area contributed by atoms with Gasteiger partial charge in [-0.15, -0.1) is 17.3 Å². The zero-order chi connectivity index (χ0) is 20.3. The summed E-state index contributed by atoms with van der Waals surface area (Å²) in [7, 11) is 0. The molecule has 0 aliphatic carbocycles. The summed E-state index contributed by atoms with van der Waals surface area (Å²) in [6.07, 6.45) is 7.00. The summed E-state index contributed by atoms with van der Waals surface area (Å²) in [6, 6.07) is 15.6. The van der Waals surface area contributed by atoms with E-state index in [-0.39, 0.29) is 5.91 Å². The molecule has 0 saturated heterocycles. The van der Waals surface area contributed by atoms with Crippen LogP contribution in [0.15, 0.2) is 72.4 Å². The van der Waals surface area contributed by atoms with Gasteiger partial charge in [0.05, 0.1) is 0 Å². The molecule has 2 aromatic heterocycles. The first kappa shape index (κ1) is 20.4. The second-order valence-electron chi connectivity index (χ2n) is 6.26. The molecular formula is C24H22N2O2S. The Labute approximate surface area is 175 Å². The largest absolute Gasteiger partial charge is 0.481 e. The first-order valence-electron chi connectivity index (χ1n) is 9.25. The Balaban J connectivity index is 1.71. The van der Waals surface area contributed by atoms with Crippen LogP contribution in [0.1, 0.15) is 22.9 Å². The van der Waals surface area contributed by atoms with Gasteiger partial charge in [-0.3, -0.25) is 9.78 Å². The van der Waals surface area contributed by atoms with Crippen molar-refractivity contribution >= 4 is 23.3 Å². The lowest BCUT2D eigenvalue weighted by Gasteiger charge is -2.21. The van der Waals surface area contributed by atoms with Crippen LogP contribution in [0.3, 0.4) is 0 Å². The third-order valence-electron chi connectivity index (χ3n) is 4.13. The number of aromatic nitrogens is 1. The van der Waals surface area contributed by atoms with E-state index in [1.807, 2.05) is 60.0 Å². The van der Waals surface area contributed by atoms with Crippen LogP contribution in [0.4, 0.5) is 0 Å². The second kappa shape index (κ2) is 10.8. The standard InChI is InChI=1S/C24H22N2O2S/c1-2-3-15-28-22-10-8-20(9-11-22)18-26(19-21-6-4-14-25-17-21)24(27)13-12-23-7-5-16-29-23/h4-14,16-17H,15,18-19H2,1H3/b13-12+. The first-order valence-corrected chi connectivity index (χ1v) is 10.1. The van der Waals surface area contributed by atoms with Crippen molar-refractivity contribution in [2.75, 3.05) is 6.61 Å². The lowest BCUT2D eigenvalue weighted by molar-refractivity contribution is -0.127. The summed E-state index contributed by atoms with van der Waals surface area (Å²) in [5.74, 6) is 6.40. The fraction of sp³-hybridized carbons (Fsp3) is 0.167. The number of carbonyl (C=O) groups excluding carboxylic acids is 1. The molecule has 5 heteroatoms. The number of ether oxygens (including phenoxy) is 1. The van der Waals surface area contributed by atoms with Gasteiger partial charge in [0.2, 0.25) is 5.91 Å². The van der Waals surface area contributed by atoms with Crippen LogP contribution in [0, 0.1) is 11.8 Å². The van der Waals surface area contributed by atoms with E-state index < -0.39 is 0 Å². The molecule has 3 aromatic rings. The molecule has 0 aliphatic rings. The van der Waals surface area contributed by atoms with Gasteiger partial charge >= 0.3 is 0 Å². The molecule has 0 spiro atoms. The number of nitrogens with zero attached hydrogens (tertiary/aromatic N) is 2.